The molecule has 0 unspecified atom stereocenters. The van der Waals surface area contributed by atoms with Gasteiger partial charge in [0.15, 0.2) is 0 Å². The lowest BCUT2D eigenvalue weighted by Gasteiger charge is -2.60. The van der Waals surface area contributed by atoms with Gasteiger partial charge in [-0.15, -0.1) is 0 Å². The van der Waals surface area contributed by atoms with Crippen molar-refractivity contribution in [1.29, 1.82) is 0 Å². The summed E-state index contributed by atoms with van der Waals surface area (Å²) in [5.74, 6) is 2.64. The van der Waals surface area contributed by atoms with Crippen LogP contribution in [0.1, 0.15) is 106 Å². The van der Waals surface area contributed by atoms with Gasteiger partial charge in [-0.3, -0.25) is 4.99 Å². The Kier molecular flexibility index (Phi) is 6.36. The molecule has 6 atom stereocenters. The summed E-state index contributed by atoms with van der Waals surface area (Å²) in [6.45, 7) is 22.1. The highest BCUT2D eigenvalue weighted by Gasteiger charge is 2.57. The number of allylic oxidation sites excluding steroid dienone is 3. The molecular weight excluding hydrogens is 390 g/mol. The third-order valence-electron chi connectivity index (χ3n) is 10.9. The molecule has 2 heteroatoms. The maximum atomic E-state index is 10.8. The Morgan fingerprint density at radius 2 is 1.75 bits per heavy atom. The Morgan fingerprint density at radius 3 is 2.44 bits per heavy atom. The van der Waals surface area contributed by atoms with E-state index in [-0.39, 0.29) is 22.3 Å². The normalized spacial score (nSPS) is 39.7. The van der Waals surface area contributed by atoms with Gasteiger partial charge in [-0.05, 0) is 97.9 Å². The first-order valence-corrected chi connectivity index (χ1v) is 13.6. The summed E-state index contributed by atoms with van der Waals surface area (Å²) in [7, 11) is 0. The molecule has 180 valence electrons. The van der Waals surface area contributed by atoms with Gasteiger partial charge in [-0.25, -0.2) is 0 Å². The summed E-state index contributed by atoms with van der Waals surface area (Å²) in [6.07, 6.45) is 10.5. The van der Waals surface area contributed by atoms with Crippen LogP contribution in [0, 0.1) is 39.9 Å². The molecule has 0 saturated heterocycles. The highest BCUT2D eigenvalue weighted by Crippen LogP contribution is 2.63. The van der Waals surface area contributed by atoms with E-state index in [2.05, 4.69) is 55.0 Å². The first-order chi connectivity index (χ1) is 14.9. The van der Waals surface area contributed by atoms with E-state index in [0.29, 0.717) is 11.8 Å². The van der Waals surface area contributed by atoms with E-state index in [1.54, 1.807) is 11.1 Å². The highest BCUT2D eigenvalue weighted by molar-refractivity contribution is 6.06. The van der Waals surface area contributed by atoms with Crippen molar-refractivity contribution >= 4 is 5.71 Å². The van der Waals surface area contributed by atoms with Crippen molar-refractivity contribution in [1.82, 2.24) is 0 Å². The summed E-state index contributed by atoms with van der Waals surface area (Å²) in [4.78, 5) is 5.28. The van der Waals surface area contributed by atoms with Crippen molar-refractivity contribution in [3.8, 4) is 0 Å². The molecule has 2 nitrogen and oxygen atoms in total. The summed E-state index contributed by atoms with van der Waals surface area (Å²) in [5.41, 5.74) is 6.77. The lowest BCUT2D eigenvalue weighted by molar-refractivity contribution is -0.0899. The third-order valence-corrected chi connectivity index (χ3v) is 10.9. The minimum atomic E-state index is -0.158. The molecule has 1 fully saturated rings. The largest absolute Gasteiger partial charge is 0.393 e. The van der Waals surface area contributed by atoms with Gasteiger partial charge < -0.3 is 5.11 Å². The first kappa shape index (κ1) is 24.2. The molecule has 0 bridgehead atoms. The highest BCUT2D eigenvalue weighted by atomic mass is 16.3. The smallest absolute Gasteiger partial charge is 0.0594 e. The van der Waals surface area contributed by atoms with E-state index >= 15 is 0 Å². The van der Waals surface area contributed by atoms with E-state index in [1.165, 1.54) is 56.2 Å². The van der Waals surface area contributed by atoms with E-state index in [0.717, 1.165) is 31.2 Å². The van der Waals surface area contributed by atoms with Crippen molar-refractivity contribution in [3.63, 3.8) is 0 Å². The molecule has 4 rings (SSSR count). The molecule has 1 saturated carbocycles. The second kappa shape index (κ2) is 8.40. The van der Waals surface area contributed by atoms with Gasteiger partial charge in [0.2, 0.25) is 0 Å². The lowest BCUT2D eigenvalue weighted by atomic mass is 9.46. The Hall–Kier alpha value is -0.890. The molecule has 1 aliphatic heterocycles. The van der Waals surface area contributed by atoms with Crippen molar-refractivity contribution in [2.24, 2.45) is 44.9 Å². The molecule has 0 spiro atoms. The van der Waals surface area contributed by atoms with Gasteiger partial charge in [-0.2, -0.15) is 0 Å². The fourth-order valence-corrected chi connectivity index (χ4v) is 8.50. The van der Waals surface area contributed by atoms with Crippen molar-refractivity contribution in [2.75, 3.05) is 6.54 Å². The Balaban J connectivity index is 1.62. The van der Waals surface area contributed by atoms with Crippen molar-refractivity contribution in [3.05, 3.63) is 23.3 Å². The van der Waals surface area contributed by atoms with Crippen LogP contribution in [0.4, 0.5) is 0 Å². The quantitative estimate of drug-likeness (QED) is 0.436. The first-order valence-electron chi connectivity index (χ1n) is 13.6. The molecule has 32 heavy (non-hydrogen) atoms. The molecule has 1 heterocycles. The molecule has 0 amide bonds. The fraction of sp³-hybridized carbons (Fsp3) is 0.833. The van der Waals surface area contributed by atoms with Crippen LogP contribution in [0.3, 0.4) is 0 Å². The van der Waals surface area contributed by atoms with Crippen LogP contribution in [-0.4, -0.2) is 23.5 Å². The van der Waals surface area contributed by atoms with Crippen LogP contribution < -0.4 is 0 Å². The number of aliphatic imine (C=N–C) groups is 1. The predicted molar refractivity (Wildman–Crippen MR) is 137 cm³/mol. The van der Waals surface area contributed by atoms with Gasteiger partial charge >= 0.3 is 0 Å². The third kappa shape index (κ3) is 3.68. The van der Waals surface area contributed by atoms with E-state index in [1.807, 2.05) is 0 Å². The number of fused-ring (bicyclic) bond motifs is 4. The minimum absolute atomic E-state index is 0.0104. The van der Waals surface area contributed by atoms with Crippen LogP contribution in [-0.2, 0) is 0 Å². The van der Waals surface area contributed by atoms with Crippen LogP contribution in [0.25, 0.3) is 0 Å². The Labute approximate surface area is 198 Å². The van der Waals surface area contributed by atoms with Gasteiger partial charge in [0.05, 0.1) is 6.10 Å². The average molecular weight is 440 g/mol. The molecule has 0 aromatic carbocycles. The van der Waals surface area contributed by atoms with Gasteiger partial charge in [0.25, 0.3) is 0 Å². The van der Waals surface area contributed by atoms with Crippen molar-refractivity contribution < 1.29 is 5.11 Å². The molecule has 0 radical (unpaired) electrons. The van der Waals surface area contributed by atoms with E-state index in [9.17, 15) is 5.11 Å². The van der Waals surface area contributed by atoms with Gasteiger partial charge in [-0.1, -0.05) is 66.2 Å². The summed E-state index contributed by atoms with van der Waals surface area (Å²) >= 11 is 0. The topological polar surface area (TPSA) is 32.6 Å². The van der Waals surface area contributed by atoms with Gasteiger partial charge in [0.1, 0.15) is 0 Å². The Bertz CT molecular complexity index is 817. The van der Waals surface area contributed by atoms with Gasteiger partial charge in [0, 0.05) is 17.7 Å². The van der Waals surface area contributed by atoms with Crippen LogP contribution in [0.15, 0.2) is 28.3 Å². The van der Waals surface area contributed by atoms with Crippen LogP contribution >= 0.6 is 0 Å². The van der Waals surface area contributed by atoms with E-state index in [4.69, 9.17) is 4.99 Å². The van der Waals surface area contributed by atoms with Crippen LogP contribution in [0.5, 0.6) is 0 Å². The number of hydrogen-bond donors (Lipinski definition) is 1. The zero-order valence-electron chi connectivity index (χ0n) is 22.1. The van der Waals surface area contributed by atoms with Crippen molar-refractivity contribution in [2.45, 2.75) is 112 Å². The zero-order chi connectivity index (χ0) is 23.5. The van der Waals surface area contributed by atoms with E-state index < -0.39 is 0 Å². The standard InChI is InChI=1S/C30H49NO/c1-19(2)20(3)9-10-21(4)23-15-18-31-27-22-11-12-25-28(5,6)26(32)14-17-29(25,7)24(22)13-16-30(23,27)8/h19,21,23,25-26,32H,3,9-18H2,1-2,4-8H3/t21-,23+,25-,26-,29+,30-/m0/s1. The summed E-state index contributed by atoms with van der Waals surface area (Å²) in [5, 5.41) is 10.8. The van der Waals surface area contributed by atoms with Crippen LogP contribution in [0.2, 0.25) is 0 Å². The minimum Gasteiger partial charge on any atom is -0.393 e. The number of hydrogen-bond acceptors (Lipinski definition) is 2. The number of aliphatic hydroxyl groups is 1. The summed E-state index contributed by atoms with van der Waals surface area (Å²) < 4.78 is 0. The second-order valence-electron chi connectivity index (χ2n) is 13.2. The Morgan fingerprint density at radius 1 is 1.03 bits per heavy atom. The number of rotatable bonds is 5. The molecular formula is C30H49NO. The predicted octanol–water partition coefficient (Wildman–Crippen LogP) is 7.77. The number of aliphatic hydroxyl groups excluding tert-OH is 1. The number of nitrogens with zero attached hydrogens (tertiary/aromatic N) is 1. The SMILES string of the molecule is C=C(CC[C@H](C)[C@H]1CCN=C2C3=C(CC[C@]21C)[C@@]1(C)CC[C@H](O)C(C)(C)[C@@H]1CC3)C(C)C. The lowest BCUT2D eigenvalue weighted by Crippen LogP contribution is -2.55. The molecule has 1 N–H and O–H groups in total. The maximum absolute atomic E-state index is 10.8. The zero-order valence-corrected chi connectivity index (χ0v) is 22.1. The average Bonchev–Trinajstić information content (AvgIpc) is 2.73. The monoisotopic (exact) mass is 439 g/mol. The molecule has 0 aromatic heterocycles. The molecule has 3 aliphatic carbocycles. The fourth-order valence-electron chi connectivity index (χ4n) is 8.50. The molecule has 4 aliphatic rings. The summed E-state index contributed by atoms with van der Waals surface area (Å²) in [6, 6.07) is 0. The second-order valence-corrected chi connectivity index (χ2v) is 13.2. The molecule has 0 aromatic rings. The maximum Gasteiger partial charge on any atom is 0.0594 e.